The molecule has 0 unspecified atom stereocenters. The van der Waals surface area contributed by atoms with Gasteiger partial charge in [0.25, 0.3) is 0 Å². The zero-order chi connectivity index (χ0) is 16.6. The molecule has 3 rings (SSSR count). The monoisotopic (exact) mass is 520 g/mol. The van der Waals surface area contributed by atoms with Gasteiger partial charge in [0.2, 0.25) is 20.7 Å². The van der Waals surface area contributed by atoms with Gasteiger partial charge in [0.1, 0.15) is 0 Å². The van der Waals surface area contributed by atoms with E-state index in [1.807, 2.05) is 11.3 Å². The third-order valence-electron chi connectivity index (χ3n) is 2.86. The van der Waals surface area contributed by atoms with Crippen molar-refractivity contribution in [3.8, 4) is 0 Å². The summed E-state index contributed by atoms with van der Waals surface area (Å²) in [4.78, 5) is 0. The van der Waals surface area contributed by atoms with Crippen molar-refractivity contribution in [3.05, 3.63) is 53.6 Å². The molecule has 0 saturated heterocycles. The summed E-state index contributed by atoms with van der Waals surface area (Å²) < 4.78 is 2.73. The second kappa shape index (κ2) is 6.95. The molecule has 0 aliphatic carbocycles. The van der Waals surface area contributed by atoms with Crippen LogP contribution in [0.2, 0.25) is 0 Å². The molecule has 0 bridgehead atoms. The van der Waals surface area contributed by atoms with E-state index in [0.717, 1.165) is 0 Å². The molecule has 1 aromatic heterocycles. The normalized spacial score (nSPS) is 13.3. The van der Waals surface area contributed by atoms with Gasteiger partial charge in [-0.2, -0.15) is 0 Å². The number of aryl methyl sites for hydroxylation is 2. The van der Waals surface area contributed by atoms with Crippen LogP contribution in [0.4, 0.5) is 0 Å². The predicted molar refractivity (Wildman–Crippen MR) is 108 cm³/mol. The molecule has 0 nitrogen and oxygen atoms in total. The van der Waals surface area contributed by atoms with E-state index in [4.69, 9.17) is 44.6 Å². The summed E-state index contributed by atoms with van der Waals surface area (Å²) in [5.41, 5.74) is 2.65. The quantitative estimate of drug-likeness (QED) is 0.160. The summed E-state index contributed by atoms with van der Waals surface area (Å²) in [6.45, 7) is 4.29. The van der Waals surface area contributed by atoms with E-state index >= 15 is 0 Å². The van der Waals surface area contributed by atoms with Crippen LogP contribution < -0.4 is 0 Å². The molecule has 0 saturated carbocycles. The average molecular weight is 521 g/mol. The SMILES string of the molecule is Cc1ccc2[s+]c3ccc(C)cc3cc2c1.[Cl][Sn-]([Cl])([Cl])([Cl])[Cl]. The second-order valence-corrected chi connectivity index (χ2v) is 48.5. The molecule has 22 heavy (non-hydrogen) atoms. The summed E-state index contributed by atoms with van der Waals surface area (Å²) in [5, 5.41) is 2.70. The Labute approximate surface area is 153 Å². The van der Waals surface area contributed by atoms with Crippen LogP contribution in [0.5, 0.6) is 0 Å². The third kappa shape index (κ3) is 6.72. The first kappa shape index (κ1) is 19.1. The molecule has 0 atom stereocenters. The Kier molecular flexibility index (Phi) is 6.04. The first-order valence-electron chi connectivity index (χ1n) is 6.41. The maximum atomic E-state index is 5.06. The van der Waals surface area contributed by atoms with Crippen LogP contribution in [-0.4, -0.2) is 11.4 Å². The van der Waals surface area contributed by atoms with Crippen molar-refractivity contribution in [3.63, 3.8) is 0 Å². The van der Waals surface area contributed by atoms with Crippen molar-refractivity contribution >= 4 is 87.5 Å². The molecule has 0 fully saturated rings. The number of fused-ring (bicyclic) bond motifs is 2. The molecule has 118 valence electrons. The van der Waals surface area contributed by atoms with Crippen molar-refractivity contribution in [1.29, 1.82) is 0 Å². The fourth-order valence-electron chi connectivity index (χ4n) is 2.03. The van der Waals surface area contributed by atoms with E-state index < -0.39 is 11.4 Å². The summed E-state index contributed by atoms with van der Waals surface area (Å²) in [5.74, 6) is 0. The molecule has 0 aliphatic rings. The van der Waals surface area contributed by atoms with Crippen LogP contribution in [0.15, 0.2) is 42.5 Å². The van der Waals surface area contributed by atoms with Gasteiger partial charge in [0.05, 0.1) is 0 Å². The molecule has 2 aromatic carbocycles. The number of hydrogen-bond donors (Lipinski definition) is 0. The van der Waals surface area contributed by atoms with Gasteiger partial charge in [0, 0.05) is 22.9 Å². The van der Waals surface area contributed by atoms with Gasteiger partial charge in [0.15, 0.2) is 0 Å². The second-order valence-electron chi connectivity index (χ2n) is 5.04. The summed E-state index contributed by atoms with van der Waals surface area (Å²) >= 11 is -2.53. The van der Waals surface area contributed by atoms with Gasteiger partial charge in [-0.15, -0.1) is 0 Å². The van der Waals surface area contributed by atoms with Gasteiger partial charge in [-0.05, 0) is 32.0 Å². The Hall–Kier alpha value is 0.779. The van der Waals surface area contributed by atoms with E-state index in [1.54, 1.807) is 0 Å². The Bertz CT molecular complexity index is 766. The summed E-state index contributed by atoms with van der Waals surface area (Å²) in [6, 6.07) is 15.6. The molecule has 0 N–H and O–H groups in total. The molecule has 0 radical (unpaired) electrons. The van der Waals surface area contributed by atoms with Crippen LogP contribution >= 0.6 is 55.9 Å². The van der Waals surface area contributed by atoms with Crippen LogP contribution in [-0.2, 0) is 0 Å². The van der Waals surface area contributed by atoms with E-state index in [1.165, 1.54) is 31.3 Å². The first-order valence-corrected chi connectivity index (χ1v) is 25.3. The van der Waals surface area contributed by atoms with Gasteiger partial charge >= 0.3 is 56.0 Å². The number of rotatable bonds is 0. The van der Waals surface area contributed by atoms with Crippen LogP contribution in [0.3, 0.4) is 0 Å². The molecular weight excluding hydrogens is 508 g/mol. The van der Waals surface area contributed by atoms with Gasteiger partial charge in [-0.25, -0.2) is 0 Å². The van der Waals surface area contributed by atoms with Crippen molar-refractivity contribution in [2.75, 3.05) is 0 Å². The van der Waals surface area contributed by atoms with E-state index in [2.05, 4.69) is 56.3 Å². The number of halogens is 5. The molecule has 0 amide bonds. The zero-order valence-corrected chi connectivity index (χ0v) is 19.3. The molecule has 0 aliphatic heterocycles. The average Bonchev–Trinajstić information content (AvgIpc) is 2.33. The molecule has 7 heteroatoms. The third-order valence-corrected chi connectivity index (χ3v) is 4.04. The van der Waals surface area contributed by atoms with Crippen molar-refractivity contribution in [2.24, 2.45) is 0 Å². The zero-order valence-electron chi connectivity index (χ0n) is 11.8. The fraction of sp³-hybridized carbons (Fsp3) is 0.133. The fourth-order valence-corrected chi connectivity index (χ4v) is 3.01. The minimum absolute atomic E-state index is 1.33. The first-order chi connectivity index (χ1) is 9.96. The number of hydrogen-bond acceptors (Lipinski definition) is 0. The Morgan fingerprint density at radius 3 is 1.41 bits per heavy atom. The van der Waals surface area contributed by atoms with Crippen molar-refractivity contribution in [2.45, 2.75) is 13.8 Å². The van der Waals surface area contributed by atoms with Crippen molar-refractivity contribution in [1.82, 2.24) is 0 Å². The standard InChI is InChI=1S/C15H13S.5ClH.Sn/c1-10-3-5-14-12(7-10)9-13-8-11(2)4-6-15(13)16-14;;;;;;/h3-9H,1-2H3;5*1H;/q+1;;;;;;+4/p-5. The van der Waals surface area contributed by atoms with Crippen LogP contribution in [0, 0.1) is 13.8 Å². The summed E-state index contributed by atoms with van der Waals surface area (Å²) in [6.07, 6.45) is 0. The van der Waals surface area contributed by atoms with Crippen molar-refractivity contribution < 1.29 is 0 Å². The topological polar surface area (TPSA) is 0 Å². The van der Waals surface area contributed by atoms with Gasteiger partial charge < -0.3 is 0 Å². The van der Waals surface area contributed by atoms with E-state index in [-0.39, 0.29) is 0 Å². The Morgan fingerprint density at radius 1 is 0.682 bits per heavy atom. The van der Waals surface area contributed by atoms with Crippen LogP contribution in [0.25, 0.3) is 20.2 Å². The molecule has 1 heterocycles. The maximum absolute atomic E-state index is 5.06. The minimum atomic E-state index is -4.40. The number of benzene rings is 2. The van der Waals surface area contributed by atoms with Gasteiger partial charge in [-0.3, -0.25) is 0 Å². The molecular formula is C15H13Cl5SSn. The van der Waals surface area contributed by atoms with Gasteiger partial charge in [-0.1, -0.05) is 23.3 Å². The van der Waals surface area contributed by atoms with E-state index in [0.29, 0.717) is 0 Å². The predicted octanol–water partition coefficient (Wildman–Crippen LogP) is 8.02. The van der Waals surface area contributed by atoms with Crippen LogP contribution in [0.1, 0.15) is 11.1 Å². The molecule has 3 aromatic rings. The molecule has 0 spiro atoms. The van der Waals surface area contributed by atoms with E-state index in [9.17, 15) is 0 Å². The Morgan fingerprint density at radius 2 is 1.05 bits per heavy atom. The summed E-state index contributed by atoms with van der Waals surface area (Å²) in [7, 11) is 25.3. The Balaban J connectivity index is 0.000000254.